The molecule has 0 saturated carbocycles. The van der Waals surface area contributed by atoms with Gasteiger partial charge in [0.15, 0.2) is 5.75 Å². The van der Waals surface area contributed by atoms with Crippen molar-refractivity contribution in [1.82, 2.24) is 4.98 Å². The molecule has 1 aromatic rings. The summed E-state index contributed by atoms with van der Waals surface area (Å²) in [5.41, 5.74) is 0.473. The van der Waals surface area contributed by atoms with Crippen LogP contribution < -0.4 is 4.52 Å². The van der Waals surface area contributed by atoms with Crippen molar-refractivity contribution in [1.29, 1.82) is 0 Å². The molecule has 0 radical (unpaired) electrons. The Labute approximate surface area is 70.3 Å². The molecule has 66 valence electrons. The van der Waals surface area contributed by atoms with E-state index in [1.54, 1.807) is 0 Å². The van der Waals surface area contributed by atoms with Crippen molar-refractivity contribution < 1.29 is 19.4 Å². The molecule has 6 heteroatoms. The number of aliphatic hydroxyl groups excluding tert-OH is 1. The van der Waals surface area contributed by atoms with Gasteiger partial charge in [-0.3, -0.25) is 4.98 Å². The molecule has 5 nitrogen and oxygen atoms in total. The molecule has 1 aromatic heterocycles. The molecule has 0 aromatic carbocycles. The van der Waals surface area contributed by atoms with Gasteiger partial charge in [-0.05, 0) is 6.07 Å². The highest BCUT2D eigenvalue weighted by molar-refractivity contribution is 7.39. The quantitative estimate of drug-likeness (QED) is 0.590. The summed E-state index contributed by atoms with van der Waals surface area (Å²) in [4.78, 5) is 20.7. The van der Waals surface area contributed by atoms with Crippen LogP contribution in [0.1, 0.15) is 5.56 Å². The maximum absolute atomic E-state index is 8.77. The molecular formula is C6H8NO4P. The highest BCUT2D eigenvalue weighted by Gasteiger charge is 2.06. The zero-order valence-corrected chi connectivity index (χ0v) is 6.98. The van der Waals surface area contributed by atoms with E-state index in [4.69, 9.17) is 14.9 Å². The number of rotatable bonds is 3. The van der Waals surface area contributed by atoms with Gasteiger partial charge in [0.05, 0.1) is 12.8 Å². The Kier molecular flexibility index (Phi) is 3.37. The lowest BCUT2D eigenvalue weighted by Gasteiger charge is -2.07. The normalized spacial score (nSPS) is 10.3. The van der Waals surface area contributed by atoms with Crippen molar-refractivity contribution in [2.75, 3.05) is 0 Å². The van der Waals surface area contributed by atoms with E-state index in [1.807, 2.05) is 0 Å². The van der Waals surface area contributed by atoms with Crippen LogP contribution in [0, 0.1) is 0 Å². The van der Waals surface area contributed by atoms with Crippen LogP contribution in [0.2, 0.25) is 0 Å². The first kappa shape index (κ1) is 9.35. The van der Waals surface area contributed by atoms with Gasteiger partial charge in [0, 0.05) is 11.8 Å². The van der Waals surface area contributed by atoms with Gasteiger partial charge in [0.25, 0.3) is 0 Å². The Morgan fingerprint density at radius 1 is 1.50 bits per heavy atom. The molecule has 1 rings (SSSR count). The van der Waals surface area contributed by atoms with Crippen LogP contribution in [-0.4, -0.2) is 19.9 Å². The molecule has 0 aliphatic carbocycles. The number of hydrogen-bond donors (Lipinski definition) is 3. The van der Waals surface area contributed by atoms with E-state index in [0.717, 1.165) is 0 Å². The first-order valence-corrected chi connectivity index (χ1v) is 4.30. The van der Waals surface area contributed by atoms with E-state index in [-0.39, 0.29) is 12.4 Å². The van der Waals surface area contributed by atoms with Crippen LogP contribution in [-0.2, 0) is 6.61 Å². The zero-order valence-electron chi connectivity index (χ0n) is 6.08. The monoisotopic (exact) mass is 189 g/mol. The Balaban J connectivity index is 2.82. The summed E-state index contributed by atoms with van der Waals surface area (Å²) in [7, 11) is -2.45. The molecule has 0 aliphatic heterocycles. The van der Waals surface area contributed by atoms with Crippen molar-refractivity contribution in [2.24, 2.45) is 0 Å². The third-order valence-electron chi connectivity index (χ3n) is 1.22. The first-order chi connectivity index (χ1) is 5.74. The summed E-state index contributed by atoms with van der Waals surface area (Å²) >= 11 is 0. The molecule has 0 spiro atoms. The number of pyridine rings is 1. The molecule has 0 unspecified atom stereocenters. The van der Waals surface area contributed by atoms with Crippen molar-refractivity contribution in [2.45, 2.75) is 6.61 Å². The summed E-state index contributed by atoms with van der Waals surface area (Å²) < 4.78 is 4.59. The molecule has 0 saturated heterocycles. The lowest BCUT2D eigenvalue weighted by Crippen LogP contribution is -1.92. The molecule has 0 amide bonds. The Bertz CT molecular complexity index is 255. The van der Waals surface area contributed by atoms with Gasteiger partial charge in [0.2, 0.25) is 0 Å². The second kappa shape index (κ2) is 4.33. The fraction of sp³-hybridized carbons (Fsp3) is 0.167. The van der Waals surface area contributed by atoms with Gasteiger partial charge in [-0.15, -0.1) is 0 Å². The van der Waals surface area contributed by atoms with E-state index < -0.39 is 8.60 Å². The predicted octanol–water partition coefficient (Wildman–Crippen LogP) is 0.164. The van der Waals surface area contributed by atoms with Crippen molar-refractivity contribution in [3.63, 3.8) is 0 Å². The van der Waals surface area contributed by atoms with Crippen LogP contribution in [0.3, 0.4) is 0 Å². The minimum Gasteiger partial charge on any atom is -0.425 e. The van der Waals surface area contributed by atoms with Crippen molar-refractivity contribution in [3.05, 3.63) is 24.0 Å². The Morgan fingerprint density at radius 3 is 2.83 bits per heavy atom. The zero-order chi connectivity index (χ0) is 8.97. The number of nitrogens with zero attached hydrogens (tertiary/aromatic N) is 1. The van der Waals surface area contributed by atoms with Crippen LogP contribution in [0.25, 0.3) is 0 Å². The third-order valence-corrected chi connectivity index (χ3v) is 1.58. The maximum Gasteiger partial charge on any atom is 0.391 e. The van der Waals surface area contributed by atoms with Gasteiger partial charge in [-0.1, -0.05) is 0 Å². The predicted molar refractivity (Wildman–Crippen MR) is 42.1 cm³/mol. The first-order valence-electron chi connectivity index (χ1n) is 3.13. The topological polar surface area (TPSA) is 82.8 Å². The average molecular weight is 189 g/mol. The molecule has 12 heavy (non-hydrogen) atoms. The number of aromatic nitrogens is 1. The second-order valence-corrected chi connectivity index (χ2v) is 2.67. The smallest absolute Gasteiger partial charge is 0.391 e. The third kappa shape index (κ3) is 2.39. The van der Waals surface area contributed by atoms with Crippen LogP contribution >= 0.6 is 8.60 Å². The summed E-state index contributed by atoms with van der Waals surface area (Å²) in [5.74, 6) is 0.191. The van der Waals surface area contributed by atoms with Gasteiger partial charge < -0.3 is 19.4 Å². The molecule has 0 atom stereocenters. The van der Waals surface area contributed by atoms with Gasteiger partial charge in [0.1, 0.15) is 0 Å². The fourth-order valence-electron chi connectivity index (χ4n) is 0.710. The Hall–Kier alpha value is -0.740. The molecule has 0 aliphatic rings. The minimum absolute atomic E-state index is 0.191. The van der Waals surface area contributed by atoms with Gasteiger partial charge >= 0.3 is 8.60 Å². The van der Waals surface area contributed by atoms with Crippen LogP contribution in [0.15, 0.2) is 18.5 Å². The Morgan fingerprint density at radius 2 is 2.25 bits per heavy atom. The summed E-state index contributed by atoms with van der Waals surface area (Å²) in [6.45, 7) is -0.221. The van der Waals surface area contributed by atoms with E-state index in [9.17, 15) is 0 Å². The molecule has 1 heterocycles. The second-order valence-electron chi connectivity index (χ2n) is 1.99. The SMILES string of the molecule is OCc1ccncc1OP(O)O. The standard InChI is InChI=1S/C6H8NO4P/c8-4-5-1-2-7-3-6(5)11-12(9)10/h1-3,8-10H,4H2. The average Bonchev–Trinajstić information content (AvgIpc) is 2.04. The largest absolute Gasteiger partial charge is 0.425 e. The maximum atomic E-state index is 8.77. The van der Waals surface area contributed by atoms with Crippen LogP contribution in [0.4, 0.5) is 0 Å². The number of hydrogen-bond acceptors (Lipinski definition) is 5. The summed E-state index contributed by atoms with van der Waals surface area (Å²) in [5, 5.41) is 8.77. The van der Waals surface area contributed by atoms with E-state index in [0.29, 0.717) is 5.56 Å². The van der Waals surface area contributed by atoms with Gasteiger partial charge in [-0.25, -0.2) is 0 Å². The highest BCUT2D eigenvalue weighted by Crippen LogP contribution is 2.30. The van der Waals surface area contributed by atoms with E-state index >= 15 is 0 Å². The number of aliphatic hydroxyl groups is 1. The lowest BCUT2D eigenvalue weighted by atomic mass is 10.3. The fourth-order valence-corrected chi connectivity index (χ4v) is 1.05. The lowest BCUT2D eigenvalue weighted by molar-refractivity contribution is 0.276. The van der Waals surface area contributed by atoms with E-state index in [1.165, 1.54) is 18.5 Å². The van der Waals surface area contributed by atoms with E-state index in [2.05, 4.69) is 9.51 Å². The molecule has 0 bridgehead atoms. The minimum atomic E-state index is -2.45. The molecule has 0 fully saturated rings. The summed E-state index contributed by atoms with van der Waals surface area (Å²) in [6.07, 6.45) is 2.79. The summed E-state index contributed by atoms with van der Waals surface area (Å²) in [6, 6.07) is 1.54. The van der Waals surface area contributed by atoms with Crippen molar-refractivity contribution in [3.8, 4) is 5.75 Å². The van der Waals surface area contributed by atoms with Crippen LogP contribution in [0.5, 0.6) is 5.75 Å². The highest BCUT2D eigenvalue weighted by atomic mass is 31.2. The van der Waals surface area contributed by atoms with Crippen molar-refractivity contribution >= 4 is 8.60 Å². The molecular weight excluding hydrogens is 181 g/mol. The molecule has 3 N–H and O–H groups in total. The van der Waals surface area contributed by atoms with Gasteiger partial charge in [-0.2, -0.15) is 0 Å².